The number of likely N-dealkylation sites (tertiary alicyclic amines) is 1. The van der Waals surface area contributed by atoms with E-state index < -0.39 is 0 Å². The molecule has 0 N–H and O–H groups in total. The molecule has 0 atom stereocenters. The van der Waals surface area contributed by atoms with Crippen molar-refractivity contribution in [1.82, 2.24) is 4.90 Å². The van der Waals surface area contributed by atoms with E-state index in [2.05, 4.69) is 4.90 Å². The zero-order valence-corrected chi connectivity index (χ0v) is 11.4. The Morgan fingerprint density at radius 3 is 2.78 bits per heavy atom. The Labute approximate surface area is 109 Å². The summed E-state index contributed by atoms with van der Waals surface area (Å²) in [5.41, 5.74) is 0. The maximum absolute atomic E-state index is 5.75. The SMILES string of the molecule is COCCCOCCN1CCCC2(C1)OCCO2. The molecular weight excluding hydrogens is 234 g/mol. The molecule has 0 aromatic rings. The summed E-state index contributed by atoms with van der Waals surface area (Å²) >= 11 is 0. The second-order valence-electron chi connectivity index (χ2n) is 4.95. The number of rotatable bonds is 7. The maximum Gasteiger partial charge on any atom is 0.181 e. The number of hydrogen-bond donors (Lipinski definition) is 0. The first-order valence-electron chi connectivity index (χ1n) is 6.92. The van der Waals surface area contributed by atoms with Crippen LogP contribution < -0.4 is 0 Å². The highest BCUT2D eigenvalue weighted by atomic mass is 16.7. The van der Waals surface area contributed by atoms with Crippen molar-refractivity contribution in [2.24, 2.45) is 0 Å². The average molecular weight is 259 g/mol. The van der Waals surface area contributed by atoms with Crippen LogP contribution in [-0.2, 0) is 18.9 Å². The summed E-state index contributed by atoms with van der Waals surface area (Å²) in [5, 5.41) is 0. The third-order valence-corrected chi connectivity index (χ3v) is 3.50. The number of methoxy groups -OCH3 is 1. The Balaban J connectivity index is 1.58. The normalized spacial score (nSPS) is 23.8. The van der Waals surface area contributed by atoms with Gasteiger partial charge in [0.05, 0.1) is 26.4 Å². The van der Waals surface area contributed by atoms with Gasteiger partial charge in [-0.1, -0.05) is 0 Å². The Kier molecular flexibility index (Phi) is 5.85. The van der Waals surface area contributed by atoms with Crippen molar-refractivity contribution >= 4 is 0 Å². The Morgan fingerprint density at radius 1 is 1.17 bits per heavy atom. The molecule has 0 aromatic carbocycles. The van der Waals surface area contributed by atoms with Crippen LogP contribution >= 0.6 is 0 Å². The van der Waals surface area contributed by atoms with Gasteiger partial charge in [0.2, 0.25) is 0 Å². The predicted molar refractivity (Wildman–Crippen MR) is 67.6 cm³/mol. The van der Waals surface area contributed by atoms with Crippen molar-refractivity contribution in [2.75, 3.05) is 59.8 Å². The Morgan fingerprint density at radius 2 is 2.00 bits per heavy atom. The van der Waals surface area contributed by atoms with Gasteiger partial charge in [-0.05, 0) is 19.4 Å². The fourth-order valence-electron chi connectivity index (χ4n) is 2.60. The molecule has 2 rings (SSSR count). The van der Waals surface area contributed by atoms with E-state index >= 15 is 0 Å². The Hall–Kier alpha value is -0.200. The van der Waals surface area contributed by atoms with Crippen LogP contribution in [0.15, 0.2) is 0 Å². The second kappa shape index (κ2) is 7.40. The lowest BCUT2D eigenvalue weighted by molar-refractivity contribution is -0.190. The maximum atomic E-state index is 5.75. The molecule has 0 radical (unpaired) electrons. The number of nitrogens with zero attached hydrogens (tertiary/aromatic N) is 1. The van der Waals surface area contributed by atoms with Gasteiger partial charge in [0.1, 0.15) is 0 Å². The van der Waals surface area contributed by atoms with Gasteiger partial charge in [-0.25, -0.2) is 0 Å². The molecule has 18 heavy (non-hydrogen) atoms. The molecule has 0 amide bonds. The minimum atomic E-state index is -0.311. The third kappa shape index (κ3) is 4.17. The van der Waals surface area contributed by atoms with E-state index in [1.54, 1.807) is 7.11 Å². The molecule has 0 unspecified atom stereocenters. The lowest BCUT2D eigenvalue weighted by Crippen LogP contribution is -2.49. The highest BCUT2D eigenvalue weighted by Crippen LogP contribution is 2.29. The number of piperidine rings is 1. The molecule has 0 saturated carbocycles. The predicted octanol–water partition coefficient (Wildman–Crippen LogP) is 0.878. The zero-order valence-electron chi connectivity index (χ0n) is 11.4. The third-order valence-electron chi connectivity index (χ3n) is 3.50. The van der Waals surface area contributed by atoms with Crippen LogP contribution in [0.3, 0.4) is 0 Å². The summed E-state index contributed by atoms with van der Waals surface area (Å²) in [6.07, 6.45) is 3.13. The molecule has 0 aromatic heterocycles. The van der Waals surface area contributed by atoms with Crippen LogP contribution in [-0.4, -0.2) is 70.5 Å². The lowest BCUT2D eigenvalue weighted by Gasteiger charge is -2.38. The summed E-state index contributed by atoms with van der Waals surface area (Å²) < 4.78 is 22.1. The van der Waals surface area contributed by atoms with Gasteiger partial charge in [0.25, 0.3) is 0 Å². The molecule has 2 aliphatic heterocycles. The van der Waals surface area contributed by atoms with Crippen molar-refractivity contribution in [3.63, 3.8) is 0 Å². The van der Waals surface area contributed by atoms with Gasteiger partial charge < -0.3 is 18.9 Å². The first kappa shape index (κ1) is 14.2. The standard InChI is InChI=1S/C13H25NO4/c1-15-7-3-8-16-9-6-14-5-2-4-13(12-14)17-10-11-18-13/h2-12H2,1H3. The van der Waals surface area contributed by atoms with Gasteiger partial charge in [-0.15, -0.1) is 0 Å². The molecule has 2 saturated heterocycles. The van der Waals surface area contributed by atoms with Gasteiger partial charge in [-0.3, -0.25) is 4.90 Å². The molecule has 2 heterocycles. The smallest absolute Gasteiger partial charge is 0.181 e. The van der Waals surface area contributed by atoms with E-state index in [4.69, 9.17) is 18.9 Å². The number of ether oxygens (including phenoxy) is 4. The van der Waals surface area contributed by atoms with Crippen LogP contribution in [0.4, 0.5) is 0 Å². The van der Waals surface area contributed by atoms with E-state index in [0.29, 0.717) is 0 Å². The fraction of sp³-hybridized carbons (Fsp3) is 1.00. The van der Waals surface area contributed by atoms with Gasteiger partial charge in [0, 0.05) is 33.3 Å². The van der Waals surface area contributed by atoms with Gasteiger partial charge >= 0.3 is 0 Å². The van der Waals surface area contributed by atoms with Crippen molar-refractivity contribution in [3.05, 3.63) is 0 Å². The van der Waals surface area contributed by atoms with Crippen LogP contribution in [0.25, 0.3) is 0 Å². The molecule has 5 nitrogen and oxygen atoms in total. The van der Waals surface area contributed by atoms with Crippen molar-refractivity contribution in [2.45, 2.75) is 25.0 Å². The fourth-order valence-corrected chi connectivity index (χ4v) is 2.60. The van der Waals surface area contributed by atoms with E-state index in [9.17, 15) is 0 Å². The van der Waals surface area contributed by atoms with E-state index in [1.165, 1.54) is 0 Å². The van der Waals surface area contributed by atoms with Gasteiger partial charge in [0.15, 0.2) is 5.79 Å². The molecule has 0 bridgehead atoms. The molecule has 0 aliphatic carbocycles. The summed E-state index contributed by atoms with van der Waals surface area (Å²) in [4.78, 5) is 2.38. The summed E-state index contributed by atoms with van der Waals surface area (Å²) in [6.45, 7) is 6.77. The minimum absolute atomic E-state index is 0.311. The summed E-state index contributed by atoms with van der Waals surface area (Å²) in [7, 11) is 1.72. The highest BCUT2D eigenvalue weighted by molar-refractivity contribution is 4.83. The van der Waals surface area contributed by atoms with Crippen molar-refractivity contribution in [3.8, 4) is 0 Å². The van der Waals surface area contributed by atoms with Gasteiger partial charge in [-0.2, -0.15) is 0 Å². The quantitative estimate of drug-likeness (QED) is 0.635. The molecule has 106 valence electrons. The topological polar surface area (TPSA) is 40.2 Å². The first-order valence-corrected chi connectivity index (χ1v) is 6.92. The average Bonchev–Trinajstić information content (AvgIpc) is 2.82. The van der Waals surface area contributed by atoms with Crippen molar-refractivity contribution in [1.29, 1.82) is 0 Å². The van der Waals surface area contributed by atoms with E-state index in [0.717, 1.165) is 71.9 Å². The van der Waals surface area contributed by atoms with Crippen LogP contribution in [0.5, 0.6) is 0 Å². The van der Waals surface area contributed by atoms with Crippen LogP contribution in [0.2, 0.25) is 0 Å². The molecular formula is C13H25NO4. The number of hydrogen-bond acceptors (Lipinski definition) is 5. The van der Waals surface area contributed by atoms with E-state index in [1.807, 2.05) is 0 Å². The summed E-state index contributed by atoms with van der Waals surface area (Å²) in [6, 6.07) is 0. The minimum Gasteiger partial charge on any atom is -0.385 e. The first-order chi connectivity index (χ1) is 8.85. The second-order valence-corrected chi connectivity index (χ2v) is 4.95. The van der Waals surface area contributed by atoms with Crippen LogP contribution in [0.1, 0.15) is 19.3 Å². The largest absolute Gasteiger partial charge is 0.385 e. The Bertz CT molecular complexity index is 231. The molecule has 5 heteroatoms. The molecule has 2 fully saturated rings. The zero-order chi connectivity index (χ0) is 12.7. The molecule has 2 aliphatic rings. The van der Waals surface area contributed by atoms with Crippen LogP contribution in [0, 0.1) is 0 Å². The monoisotopic (exact) mass is 259 g/mol. The van der Waals surface area contributed by atoms with Crippen molar-refractivity contribution < 1.29 is 18.9 Å². The summed E-state index contributed by atoms with van der Waals surface area (Å²) in [5.74, 6) is -0.311. The highest BCUT2D eigenvalue weighted by Gasteiger charge is 2.40. The van der Waals surface area contributed by atoms with E-state index in [-0.39, 0.29) is 5.79 Å². The molecule has 1 spiro atoms. The lowest BCUT2D eigenvalue weighted by atomic mass is 10.0.